The third kappa shape index (κ3) is 4.75. The van der Waals surface area contributed by atoms with Gasteiger partial charge < -0.3 is 4.40 Å². The van der Waals surface area contributed by atoms with Crippen LogP contribution in [-0.4, -0.2) is 18.9 Å². The third-order valence-corrected chi connectivity index (χ3v) is 15.8. The number of para-hydroxylation sites is 2. The fourth-order valence-corrected chi connectivity index (χ4v) is 12.8. The lowest BCUT2D eigenvalue weighted by molar-refractivity contribution is 1.02. The summed E-state index contributed by atoms with van der Waals surface area (Å²) in [5, 5.41) is 18.6. The van der Waals surface area contributed by atoms with Crippen molar-refractivity contribution in [3.63, 3.8) is 0 Å². The first-order chi connectivity index (χ1) is 33.2. The highest BCUT2D eigenvalue weighted by molar-refractivity contribution is 7.26. The van der Waals surface area contributed by atoms with Gasteiger partial charge >= 0.3 is 0 Å². The summed E-state index contributed by atoms with van der Waals surface area (Å²) in [6, 6.07) is 75.7. The average Bonchev–Trinajstić information content (AvgIpc) is 4.14. The molecule has 16 aromatic rings. The van der Waals surface area contributed by atoms with Crippen molar-refractivity contribution in [2.45, 2.75) is 0 Å². The number of benzene rings is 11. The van der Waals surface area contributed by atoms with E-state index in [-0.39, 0.29) is 0 Å². The van der Waals surface area contributed by atoms with Crippen molar-refractivity contribution in [2.24, 2.45) is 0 Å². The summed E-state index contributed by atoms with van der Waals surface area (Å²) in [6.45, 7) is 0. The minimum atomic E-state index is 0.660. The Kier molecular flexibility index (Phi) is 6.93. The molecule has 16 rings (SSSR count). The van der Waals surface area contributed by atoms with Crippen molar-refractivity contribution < 1.29 is 0 Å². The fraction of sp³-hybridized carbons (Fsp3) is 0. The molecule has 0 N–H and O–H groups in total. The SMILES string of the molecule is c1ccc(-c2nc(-n3c4ccc(-c5ccc6sc7ccc8c(ccc9c8c8cccc%10c%11ccccc%11n9c%108)c7c6c5)cc4c4c5ccccc5ccc43)nc3c2ccc2ccccc23)cc1. The molecule has 0 amide bonds. The molecule has 5 heterocycles. The number of nitrogens with zero attached hydrogens (tertiary/aromatic N) is 4. The summed E-state index contributed by atoms with van der Waals surface area (Å²) in [5.74, 6) is 0.660. The Labute approximate surface area is 386 Å². The lowest BCUT2D eigenvalue weighted by atomic mass is 9.96. The van der Waals surface area contributed by atoms with Crippen LogP contribution in [0.25, 0.3) is 152 Å². The molecule has 0 atom stereocenters. The molecule has 0 aliphatic heterocycles. The van der Waals surface area contributed by atoms with E-state index >= 15 is 0 Å². The minimum Gasteiger partial charge on any atom is -0.308 e. The second-order valence-corrected chi connectivity index (χ2v) is 19.1. The van der Waals surface area contributed by atoms with Crippen molar-refractivity contribution in [1.29, 1.82) is 0 Å². The van der Waals surface area contributed by atoms with Gasteiger partial charge in [-0.3, -0.25) is 4.57 Å². The Morgan fingerprint density at radius 1 is 0.328 bits per heavy atom. The van der Waals surface area contributed by atoms with E-state index in [4.69, 9.17) is 9.97 Å². The van der Waals surface area contributed by atoms with Gasteiger partial charge in [-0.15, -0.1) is 11.3 Å². The zero-order chi connectivity index (χ0) is 43.5. The molecule has 0 bridgehead atoms. The first-order valence-corrected chi connectivity index (χ1v) is 23.7. The normalized spacial score (nSPS) is 12.5. The van der Waals surface area contributed by atoms with Gasteiger partial charge in [-0.05, 0) is 92.7 Å². The van der Waals surface area contributed by atoms with Crippen LogP contribution in [0, 0.1) is 0 Å². The van der Waals surface area contributed by atoms with Gasteiger partial charge in [-0.1, -0.05) is 152 Å². The van der Waals surface area contributed by atoms with Crippen LogP contribution in [0.1, 0.15) is 0 Å². The Morgan fingerprint density at radius 3 is 1.85 bits per heavy atom. The Morgan fingerprint density at radius 2 is 0.955 bits per heavy atom. The van der Waals surface area contributed by atoms with E-state index in [1.807, 2.05) is 11.3 Å². The van der Waals surface area contributed by atoms with Gasteiger partial charge in [0.25, 0.3) is 0 Å². The maximum atomic E-state index is 5.48. The minimum absolute atomic E-state index is 0.660. The van der Waals surface area contributed by atoms with Crippen LogP contribution in [0.15, 0.2) is 206 Å². The predicted octanol–water partition coefficient (Wildman–Crippen LogP) is 17.0. The van der Waals surface area contributed by atoms with Gasteiger partial charge in [0, 0.05) is 68.8 Å². The molecule has 308 valence electrons. The number of rotatable bonds is 3. The van der Waals surface area contributed by atoms with E-state index in [1.54, 1.807) is 0 Å². The van der Waals surface area contributed by atoms with Crippen molar-refractivity contribution >= 4 is 135 Å². The molecule has 0 radical (unpaired) electrons. The van der Waals surface area contributed by atoms with Crippen molar-refractivity contribution in [3.8, 4) is 28.3 Å². The molecular weight excluding hydrogens is 833 g/mol. The average molecular weight is 867 g/mol. The fourth-order valence-electron chi connectivity index (χ4n) is 11.7. The molecule has 0 spiro atoms. The van der Waals surface area contributed by atoms with E-state index in [9.17, 15) is 0 Å². The largest absolute Gasteiger partial charge is 0.308 e. The van der Waals surface area contributed by atoms with Gasteiger partial charge in [0.05, 0.1) is 38.8 Å². The molecule has 0 unspecified atom stereocenters. The van der Waals surface area contributed by atoms with Crippen LogP contribution in [-0.2, 0) is 0 Å². The second kappa shape index (κ2) is 13.0. The van der Waals surface area contributed by atoms with E-state index in [0.717, 1.165) is 44.0 Å². The van der Waals surface area contributed by atoms with Gasteiger partial charge in [0.2, 0.25) is 5.95 Å². The molecule has 5 heteroatoms. The van der Waals surface area contributed by atoms with Crippen LogP contribution < -0.4 is 0 Å². The Bertz CT molecular complexity index is 4800. The lowest BCUT2D eigenvalue weighted by Gasteiger charge is -2.13. The van der Waals surface area contributed by atoms with Gasteiger partial charge in [0.1, 0.15) is 0 Å². The maximum Gasteiger partial charge on any atom is 0.235 e. The summed E-state index contributed by atoms with van der Waals surface area (Å²) in [4.78, 5) is 11.0. The van der Waals surface area contributed by atoms with E-state index in [0.29, 0.717) is 5.95 Å². The first-order valence-electron chi connectivity index (χ1n) is 22.9. The maximum absolute atomic E-state index is 5.48. The zero-order valence-electron chi connectivity index (χ0n) is 35.8. The summed E-state index contributed by atoms with van der Waals surface area (Å²) >= 11 is 1.88. The van der Waals surface area contributed by atoms with Crippen LogP contribution in [0.3, 0.4) is 0 Å². The van der Waals surface area contributed by atoms with E-state index < -0.39 is 0 Å². The number of aromatic nitrogens is 4. The topological polar surface area (TPSA) is 35.1 Å². The summed E-state index contributed by atoms with van der Waals surface area (Å²) in [6.07, 6.45) is 0. The second-order valence-electron chi connectivity index (χ2n) is 18.0. The standard InChI is InChI=1S/C62H34N4S/c1-2-13-37(14-3-1)59-47-25-21-36-12-5-7-16-41(36)60(47)64-62(63-59)66-51-28-23-38(33-48(51)56-40-15-6-4-11-35(40)22-29-53(56)66)39-24-31-54-49(34-39)58-44-26-30-52-57(43(44)27-32-55(58)67-54)46-19-10-18-45-42-17-8-9-20-50(42)65(52)61(45)46/h1-34H. The van der Waals surface area contributed by atoms with E-state index in [1.165, 1.54) is 102 Å². The monoisotopic (exact) mass is 866 g/mol. The molecule has 4 nitrogen and oxygen atoms in total. The molecule has 0 saturated heterocycles. The third-order valence-electron chi connectivity index (χ3n) is 14.6. The summed E-state index contributed by atoms with van der Waals surface area (Å²) in [5.41, 5.74) is 11.3. The molecular formula is C62H34N4S. The van der Waals surface area contributed by atoms with Crippen molar-refractivity contribution in [2.75, 3.05) is 0 Å². The molecule has 67 heavy (non-hydrogen) atoms. The lowest BCUT2D eigenvalue weighted by Crippen LogP contribution is -2.03. The van der Waals surface area contributed by atoms with Crippen molar-refractivity contribution in [3.05, 3.63) is 206 Å². The highest BCUT2D eigenvalue weighted by atomic mass is 32.1. The Balaban J connectivity index is 0.938. The van der Waals surface area contributed by atoms with Gasteiger partial charge in [-0.25, -0.2) is 9.97 Å². The number of hydrogen-bond acceptors (Lipinski definition) is 3. The van der Waals surface area contributed by atoms with Crippen LogP contribution in [0.4, 0.5) is 0 Å². The smallest absolute Gasteiger partial charge is 0.235 e. The first kappa shape index (κ1) is 35.7. The van der Waals surface area contributed by atoms with Crippen molar-refractivity contribution in [1.82, 2.24) is 18.9 Å². The highest BCUT2D eigenvalue weighted by Gasteiger charge is 2.23. The quantitative estimate of drug-likeness (QED) is 0.166. The summed E-state index contributed by atoms with van der Waals surface area (Å²) in [7, 11) is 0. The zero-order valence-corrected chi connectivity index (χ0v) is 36.6. The number of thiophene rings is 1. The molecule has 0 saturated carbocycles. The van der Waals surface area contributed by atoms with Gasteiger partial charge in [0.15, 0.2) is 0 Å². The van der Waals surface area contributed by atoms with Crippen LogP contribution in [0.2, 0.25) is 0 Å². The Hall–Kier alpha value is -8.64. The van der Waals surface area contributed by atoms with Crippen LogP contribution in [0.5, 0.6) is 0 Å². The molecule has 0 aliphatic rings. The molecule has 5 aromatic heterocycles. The van der Waals surface area contributed by atoms with Crippen LogP contribution >= 0.6 is 11.3 Å². The van der Waals surface area contributed by atoms with E-state index in [2.05, 4.69) is 215 Å². The number of fused-ring (bicyclic) bond motifs is 20. The number of hydrogen-bond donors (Lipinski definition) is 0. The van der Waals surface area contributed by atoms with Gasteiger partial charge in [-0.2, -0.15) is 0 Å². The molecule has 0 aliphatic carbocycles. The summed E-state index contributed by atoms with van der Waals surface area (Å²) < 4.78 is 7.37. The predicted molar refractivity (Wildman–Crippen MR) is 285 cm³/mol. The highest BCUT2D eigenvalue weighted by Crippen LogP contribution is 2.47. The molecule has 11 aromatic carbocycles. The molecule has 0 fully saturated rings.